The van der Waals surface area contributed by atoms with E-state index in [0.29, 0.717) is 0 Å². The zero-order valence-corrected chi connectivity index (χ0v) is 34.8. The maximum absolute atomic E-state index is 3.01. The number of rotatable bonds is 0. The van der Waals surface area contributed by atoms with Crippen molar-refractivity contribution in [3.63, 3.8) is 0 Å². The zero-order valence-electron chi connectivity index (χ0n) is 34.8. The molecule has 8 unspecified atom stereocenters. The lowest BCUT2D eigenvalue weighted by Gasteiger charge is -2.58. The summed E-state index contributed by atoms with van der Waals surface area (Å²) in [5.41, 5.74) is 18.2. The van der Waals surface area contributed by atoms with Crippen LogP contribution in [0.5, 0.6) is 0 Å². The van der Waals surface area contributed by atoms with Crippen molar-refractivity contribution < 1.29 is 0 Å². The van der Waals surface area contributed by atoms with Gasteiger partial charge in [-0.15, -0.1) is 0 Å². The van der Waals surface area contributed by atoms with Crippen molar-refractivity contribution in [2.24, 2.45) is 23.7 Å². The Bertz CT molecular complexity index is 1960. The van der Waals surface area contributed by atoms with Crippen molar-refractivity contribution in [3.05, 3.63) is 64.7 Å². The number of fused-ring (bicyclic) bond motifs is 12. The molecule has 4 heterocycles. The van der Waals surface area contributed by atoms with E-state index in [1.807, 2.05) is 0 Å². The monoisotopic (exact) mass is 705 g/mol. The molecule has 0 spiro atoms. The summed E-state index contributed by atoms with van der Waals surface area (Å²) >= 11 is 0. The maximum Gasteiger partial charge on any atom is 0.252 e. The molecule has 3 aromatic carbocycles. The second kappa shape index (κ2) is 10.2. The molecule has 11 rings (SSSR count). The Hall–Kier alpha value is -2.68. The van der Waals surface area contributed by atoms with Gasteiger partial charge in [-0.3, -0.25) is 0 Å². The van der Waals surface area contributed by atoms with Crippen LogP contribution >= 0.6 is 0 Å². The summed E-state index contributed by atoms with van der Waals surface area (Å²) in [6.07, 6.45) is 16.7. The lowest BCUT2D eigenvalue weighted by atomic mass is 9.33. The van der Waals surface area contributed by atoms with Gasteiger partial charge in [-0.25, -0.2) is 0 Å². The predicted octanol–water partition coefficient (Wildman–Crippen LogP) is 11.0. The summed E-state index contributed by atoms with van der Waals surface area (Å²) < 4.78 is 0. The van der Waals surface area contributed by atoms with E-state index in [2.05, 4.69) is 122 Å². The van der Waals surface area contributed by atoms with Crippen LogP contribution in [0.3, 0.4) is 0 Å². The number of anilines is 4. The van der Waals surface area contributed by atoms with E-state index in [1.54, 1.807) is 50.0 Å². The fourth-order valence-electron chi connectivity index (χ4n) is 15.5. The Morgan fingerprint density at radius 1 is 0.528 bits per heavy atom. The molecule has 0 amide bonds. The third kappa shape index (κ3) is 3.85. The molecule has 0 N–H and O–H groups in total. The molecule has 3 aromatic rings. The number of benzene rings is 3. The van der Waals surface area contributed by atoms with Gasteiger partial charge >= 0.3 is 0 Å². The maximum atomic E-state index is 3.01. The minimum Gasteiger partial charge on any atom is -0.335 e. The third-order valence-corrected chi connectivity index (χ3v) is 18.2. The number of hydrogen-bond acceptors (Lipinski definition) is 2. The van der Waals surface area contributed by atoms with Crippen LogP contribution in [0.1, 0.15) is 169 Å². The lowest BCUT2D eigenvalue weighted by Crippen LogP contribution is -2.67. The summed E-state index contributed by atoms with van der Waals surface area (Å²) in [6.45, 7) is 26.0. The third-order valence-electron chi connectivity index (χ3n) is 18.2. The smallest absolute Gasteiger partial charge is 0.252 e. The molecule has 4 aliphatic heterocycles. The quantitative estimate of drug-likeness (QED) is 0.215. The average molecular weight is 705 g/mol. The van der Waals surface area contributed by atoms with Crippen LogP contribution in [0.4, 0.5) is 22.7 Å². The topological polar surface area (TPSA) is 6.48 Å². The van der Waals surface area contributed by atoms with Gasteiger partial charge in [0, 0.05) is 33.6 Å². The fourth-order valence-corrected chi connectivity index (χ4v) is 15.5. The first-order valence-corrected chi connectivity index (χ1v) is 22.1. The van der Waals surface area contributed by atoms with Gasteiger partial charge < -0.3 is 9.80 Å². The van der Waals surface area contributed by atoms with Gasteiger partial charge in [0.25, 0.3) is 6.71 Å². The first-order valence-electron chi connectivity index (χ1n) is 22.1. The Morgan fingerprint density at radius 2 is 0.906 bits per heavy atom. The summed E-state index contributed by atoms with van der Waals surface area (Å²) in [5, 5.41) is 0. The van der Waals surface area contributed by atoms with Gasteiger partial charge in [-0.05, 0) is 125 Å². The van der Waals surface area contributed by atoms with E-state index >= 15 is 0 Å². The van der Waals surface area contributed by atoms with Crippen molar-refractivity contribution in [2.45, 2.75) is 179 Å². The number of hydrogen-bond donors (Lipinski definition) is 0. The summed E-state index contributed by atoms with van der Waals surface area (Å²) in [7, 11) is 0. The van der Waals surface area contributed by atoms with Crippen molar-refractivity contribution in [2.75, 3.05) is 9.80 Å². The summed E-state index contributed by atoms with van der Waals surface area (Å²) in [6, 6.07) is 18.1. The minimum atomic E-state index is 0.0507. The molecular weight excluding hydrogens is 639 g/mol. The zero-order chi connectivity index (χ0) is 36.8. The molecule has 53 heavy (non-hydrogen) atoms. The van der Waals surface area contributed by atoms with Crippen LogP contribution in [0.2, 0.25) is 0 Å². The summed E-state index contributed by atoms with van der Waals surface area (Å²) in [4.78, 5) is 6.02. The Labute approximate surface area is 322 Å². The van der Waals surface area contributed by atoms with E-state index in [9.17, 15) is 0 Å². The van der Waals surface area contributed by atoms with Crippen molar-refractivity contribution >= 4 is 45.9 Å². The first kappa shape index (κ1) is 33.6. The number of nitrogens with zero attached hydrogens (tertiary/aromatic N) is 2. The minimum absolute atomic E-state index is 0.0507. The highest BCUT2D eigenvalue weighted by molar-refractivity contribution is 7.00. The molecule has 4 fully saturated rings. The molecule has 0 aromatic heterocycles. The van der Waals surface area contributed by atoms with E-state index in [0.717, 1.165) is 23.7 Å². The highest BCUT2D eigenvalue weighted by atomic mass is 15.3. The molecular formula is C50H65BN2. The lowest BCUT2D eigenvalue weighted by molar-refractivity contribution is 0.0571. The molecule has 4 saturated carbocycles. The van der Waals surface area contributed by atoms with Crippen LogP contribution < -0.4 is 26.2 Å². The Morgan fingerprint density at radius 3 is 1.28 bits per heavy atom. The van der Waals surface area contributed by atoms with Gasteiger partial charge in [0.15, 0.2) is 0 Å². The Balaban J connectivity index is 1.23. The van der Waals surface area contributed by atoms with Gasteiger partial charge in [0.05, 0.1) is 11.1 Å². The van der Waals surface area contributed by atoms with Crippen LogP contribution in [0.25, 0.3) is 0 Å². The highest BCUT2D eigenvalue weighted by Crippen LogP contribution is 2.69. The molecule has 3 heteroatoms. The van der Waals surface area contributed by atoms with Crippen molar-refractivity contribution in [3.8, 4) is 0 Å². The normalized spacial score (nSPS) is 37.3. The van der Waals surface area contributed by atoms with Crippen molar-refractivity contribution in [1.29, 1.82) is 0 Å². The van der Waals surface area contributed by atoms with Gasteiger partial charge in [0.1, 0.15) is 0 Å². The molecule has 0 bridgehead atoms. The fraction of sp³-hybridized carbons (Fsp3) is 0.640. The predicted molar refractivity (Wildman–Crippen MR) is 227 cm³/mol. The van der Waals surface area contributed by atoms with E-state index < -0.39 is 0 Å². The van der Waals surface area contributed by atoms with Crippen LogP contribution in [0, 0.1) is 23.7 Å². The van der Waals surface area contributed by atoms with E-state index in [4.69, 9.17) is 0 Å². The second-order valence-electron chi connectivity index (χ2n) is 22.8. The molecule has 8 atom stereocenters. The standard InChI is InChI=1S/C50H65BN2/c1-45(2,3)34-22-24-36-43-40(34)47(7)26-30-16-11-13-18-32(30)28-49(47,9)52(43)38-20-15-21-39-42(38)51(36)37-25-23-35(46(4,5)6)41-44(37)53(39)50(10)29-33-19-14-12-17-31(33)27-48(41,50)8/h15,20-25,30-33H,11-14,16-19,26-29H2,1-10H3. The van der Waals surface area contributed by atoms with Gasteiger partial charge in [0.2, 0.25) is 0 Å². The first-order chi connectivity index (χ1) is 25.0. The molecule has 0 saturated heterocycles. The second-order valence-corrected chi connectivity index (χ2v) is 22.8. The molecule has 8 aliphatic rings. The molecule has 0 radical (unpaired) electrons. The van der Waals surface area contributed by atoms with Crippen LogP contribution in [0.15, 0.2) is 42.5 Å². The van der Waals surface area contributed by atoms with E-state index in [1.165, 1.54) is 88.4 Å². The van der Waals surface area contributed by atoms with E-state index in [-0.39, 0.29) is 39.5 Å². The van der Waals surface area contributed by atoms with Crippen molar-refractivity contribution in [1.82, 2.24) is 0 Å². The largest absolute Gasteiger partial charge is 0.335 e. The Kier molecular flexibility index (Phi) is 6.47. The van der Waals surface area contributed by atoms with Gasteiger partial charge in [-0.2, -0.15) is 0 Å². The van der Waals surface area contributed by atoms with Crippen LogP contribution in [-0.2, 0) is 21.7 Å². The molecule has 278 valence electrons. The average Bonchev–Trinajstić information content (AvgIpc) is 3.44. The molecule has 4 aliphatic carbocycles. The van der Waals surface area contributed by atoms with Crippen LogP contribution in [-0.4, -0.2) is 17.8 Å². The SMILES string of the molecule is CC(C)(C)c1ccc2c3c1C1(C)CC4CCCCC4CC1(C)N3c1cccc3c1B2c1ccc(C(C)(C)C)c2c1N3C1(C)CC3CCCCC3CC21C. The summed E-state index contributed by atoms with van der Waals surface area (Å²) in [5.74, 6) is 3.41. The molecule has 2 nitrogen and oxygen atoms in total. The van der Waals surface area contributed by atoms with Gasteiger partial charge in [-0.1, -0.05) is 137 Å². The highest BCUT2D eigenvalue weighted by Gasteiger charge is 2.68.